The number of rotatable bonds is 7. The summed E-state index contributed by atoms with van der Waals surface area (Å²) in [6.07, 6.45) is 1.09. The van der Waals surface area contributed by atoms with E-state index in [1.54, 1.807) is 56.5 Å². The van der Waals surface area contributed by atoms with Gasteiger partial charge in [0.2, 0.25) is 15.9 Å². The number of nitrogens with zero attached hydrogens (tertiary/aromatic N) is 1. The Labute approximate surface area is 148 Å². The Morgan fingerprint density at radius 1 is 1.12 bits per heavy atom. The van der Waals surface area contributed by atoms with Crippen molar-refractivity contribution in [1.29, 1.82) is 0 Å². The lowest BCUT2D eigenvalue weighted by Crippen LogP contribution is -2.47. The number of nitrogens with one attached hydrogen (secondary N) is 1. The van der Waals surface area contributed by atoms with E-state index in [1.807, 2.05) is 12.1 Å². The SMILES string of the molecule is COc1ccc(CNC(=O)[C@H](C)N(c2ccccc2)S(C)(=O)=O)cc1. The maximum Gasteiger partial charge on any atom is 0.243 e. The van der Waals surface area contributed by atoms with E-state index in [0.717, 1.165) is 21.9 Å². The van der Waals surface area contributed by atoms with Crippen molar-refractivity contribution in [1.82, 2.24) is 5.32 Å². The van der Waals surface area contributed by atoms with Gasteiger partial charge in [-0.05, 0) is 36.8 Å². The molecule has 0 saturated carbocycles. The van der Waals surface area contributed by atoms with E-state index in [0.29, 0.717) is 12.2 Å². The van der Waals surface area contributed by atoms with Gasteiger partial charge in [-0.1, -0.05) is 30.3 Å². The van der Waals surface area contributed by atoms with Crippen molar-refractivity contribution in [2.24, 2.45) is 0 Å². The van der Waals surface area contributed by atoms with Crippen LogP contribution in [0, 0.1) is 0 Å². The first-order chi connectivity index (χ1) is 11.8. The zero-order valence-electron chi connectivity index (χ0n) is 14.5. The van der Waals surface area contributed by atoms with Crippen LogP contribution in [0.25, 0.3) is 0 Å². The monoisotopic (exact) mass is 362 g/mol. The number of sulfonamides is 1. The van der Waals surface area contributed by atoms with Gasteiger partial charge in [0.05, 0.1) is 19.1 Å². The Bertz CT molecular complexity index is 805. The third-order valence-corrected chi connectivity index (χ3v) is 4.97. The van der Waals surface area contributed by atoms with E-state index in [1.165, 1.54) is 0 Å². The second kappa shape index (κ2) is 8.02. The van der Waals surface area contributed by atoms with Gasteiger partial charge < -0.3 is 10.1 Å². The number of carbonyl (C=O) groups excluding carboxylic acids is 1. The lowest BCUT2D eigenvalue weighted by molar-refractivity contribution is -0.122. The first-order valence-corrected chi connectivity index (χ1v) is 9.63. The average Bonchev–Trinajstić information content (AvgIpc) is 2.60. The van der Waals surface area contributed by atoms with Gasteiger partial charge >= 0.3 is 0 Å². The van der Waals surface area contributed by atoms with Crippen molar-refractivity contribution in [2.75, 3.05) is 17.7 Å². The van der Waals surface area contributed by atoms with E-state index in [-0.39, 0.29) is 5.91 Å². The first kappa shape index (κ1) is 18.8. The molecule has 1 N–H and O–H groups in total. The molecular formula is C18H22N2O4S. The van der Waals surface area contributed by atoms with Gasteiger partial charge in [0.15, 0.2) is 0 Å². The van der Waals surface area contributed by atoms with Crippen molar-refractivity contribution < 1.29 is 17.9 Å². The second-order valence-electron chi connectivity index (χ2n) is 5.64. The molecule has 25 heavy (non-hydrogen) atoms. The van der Waals surface area contributed by atoms with Gasteiger partial charge in [-0.15, -0.1) is 0 Å². The highest BCUT2D eigenvalue weighted by molar-refractivity contribution is 7.92. The Kier molecular flexibility index (Phi) is 6.03. The summed E-state index contributed by atoms with van der Waals surface area (Å²) in [5.74, 6) is 0.362. The highest BCUT2D eigenvalue weighted by atomic mass is 32.2. The fourth-order valence-corrected chi connectivity index (χ4v) is 3.64. The molecule has 7 heteroatoms. The number of methoxy groups -OCH3 is 1. The van der Waals surface area contributed by atoms with Crippen LogP contribution < -0.4 is 14.4 Å². The summed E-state index contributed by atoms with van der Waals surface area (Å²) in [5, 5.41) is 2.77. The highest BCUT2D eigenvalue weighted by Crippen LogP contribution is 2.20. The van der Waals surface area contributed by atoms with E-state index < -0.39 is 16.1 Å². The molecule has 0 heterocycles. The third kappa shape index (κ3) is 4.96. The molecule has 0 spiro atoms. The molecule has 134 valence electrons. The number of carbonyl (C=O) groups is 1. The lowest BCUT2D eigenvalue weighted by atomic mass is 10.2. The molecule has 1 atom stereocenters. The van der Waals surface area contributed by atoms with Gasteiger partial charge in [0.25, 0.3) is 0 Å². The molecule has 0 unspecified atom stereocenters. The van der Waals surface area contributed by atoms with E-state index in [9.17, 15) is 13.2 Å². The summed E-state index contributed by atoms with van der Waals surface area (Å²) in [4.78, 5) is 12.5. The molecular weight excluding hydrogens is 340 g/mol. The van der Waals surface area contributed by atoms with Gasteiger partial charge in [0.1, 0.15) is 11.8 Å². The minimum absolute atomic E-state index is 0.305. The minimum atomic E-state index is -3.60. The highest BCUT2D eigenvalue weighted by Gasteiger charge is 2.28. The van der Waals surface area contributed by atoms with E-state index in [2.05, 4.69) is 5.32 Å². The quantitative estimate of drug-likeness (QED) is 0.819. The summed E-state index contributed by atoms with van der Waals surface area (Å²) >= 11 is 0. The number of anilines is 1. The zero-order valence-corrected chi connectivity index (χ0v) is 15.3. The lowest BCUT2D eigenvalue weighted by Gasteiger charge is -2.28. The van der Waals surface area contributed by atoms with Gasteiger partial charge in [-0.2, -0.15) is 0 Å². The first-order valence-electron chi connectivity index (χ1n) is 7.78. The summed E-state index contributed by atoms with van der Waals surface area (Å²) in [6.45, 7) is 1.87. The van der Waals surface area contributed by atoms with Crippen LogP contribution in [-0.4, -0.2) is 33.7 Å². The van der Waals surface area contributed by atoms with E-state index in [4.69, 9.17) is 4.74 Å². The van der Waals surface area contributed by atoms with Crippen LogP contribution in [0.15, 0.2) is 54.6 Å². The third-order valence-electron chi connectivity index (χ3n) is 3.72. The minimum Gasteiger partial charge on any atom is -0.497 e. The number of ether oxygens (including phenoxy) is 1. The maximum absolute atomic E-state index is 12.5. The molecule has 6 nitrogen and oxygen atoms in total. The van der Waals surface area contributed by atoms with Crippen LogP contribution in [0.3, 0.4) is 0 Å². The van der Waals surface area contributed by atoms with Crippen molar-refractivity contribution in [2.45, 2.75) is 19.5 Å². The van der Waals surface area contributed by atoms with Gasteiger partial charge in [-0.25, -0.2) is 8.42 Å². The summed E-state index contributed by atoms with van der Waals surface area (Å²) < 4.78 is 30.5. The number of hydrogen-bond donors (Lipinski definition) is 1. The van der Waals surface area contributed by atoms with Crippen LogP contribution >= 0.6 is 0 Å². The van der Waals surface area contributed by atoms with Crippen molar-refractivity contribution >= 4 is 21.6 Å². The predicted molar refractivity (Wildman–Crippen MR) is 98.1 cm³/mol. The average molecular weight is 362 g/mol. The van der Waals surface area contributed by atoms with Crippen molar-refractivity contribution in [3.05, 3.63) is 60.2 Å². The van der Waals surface area contributed by atoms with Gasteiger partial charge in [0, 0.05) is 6.54 Å². The normalized spacial score (nSPS) is 12.3. The smallest absolute Gasteiger partial charge is 0.243 e. The molecule has 0 fully saturated rings. The predicted octanol–water partition coefficient (Wildman–Crippen LogP) is 2.17. The van der Waals surface area contributed by atoms with Gasteiger partial charge in [-0.3, -0.25) is 9.10 Å². The standard InChI is InChI=1S/C18H22N2O4S/c1-14(20(25(3,22)23)16-7-5-4-6-8-16)18(21)19-13-15-9-11-17(24-2)12-10-15/h4-12,14H,13H2,1-3H3,(H,19,21)/t14-/m0/s1. The molecule has 0 bridgehead atoms. The number of benzene rings is 2. The number of hydrogen-bond acceptors (Lipinski definition) is 4. The molecule has 0 aromatic heterocycles. The van der Waals surface area contributed by atoms with Crippen molar-refractivity contribution in [3.8, 4) is 5.75 Å². The van der Waals surface area contributed by atoms with Crippen LogP contribution in [0.4, 0.5) is 5.69 Å². The topological polar surface area (TPSA) is 75.7 Å². The Balaban J connectivity index is 2.10. The summed E-state index contributed by atoms with van der Waals surface area (Å²) in [5.41, 5.74) is 1.35. The molecule has 2 aromatic rings. The molecule has 1 amide bonds. The molecule has 2 aromatic carbocycles. The summed E-state index contributed by atoms with van der Waals surface area (Å²) in [6, 6.07) is 15.0. The Morgan fingerprint density at radius 3 is 2.24 bits per heavy atom. The molecule has 0 radical (unpaired) electrons. The Morgan fingerprint density at radius 2 is 1.72 bits per heavy atom. The van der Waals surface area contributed by atoms with Crippen molar-refractivity contribution in [3.63, 3.8) is 0 Å². The molecule has 0 aliphatic heterocycles. The molecule has 0 aliphatic rings. The maximum atomic E-state index is 12.5. The molecule has 0 aliphatic carbocycles. The number of para-hydroxylation sites is 1. The Hall–Kier alpha value is -2.54. The summed E-state index contributed by atoms with van der Waals surface area (Å²) in [7, 11) is -2.01. The number of amides is 1. The van der Waals surface area contributed by atoms with Crippen LogP contribution in [0.1, 0.15) is 12.5 Å². The van der Waals surface area contributed by atoms with E-state index >= 15 is 0 Å². The fraction of sp³-hybridized carbons (Fsp3) is 0.278. The van der Waals surface area contributed by atoms with Crippen LogP contribution in [0.5, 0.6) is 5.75 Å². The van der Waals surface area contributed by atoms with Crippen LogP contribution in [0.2, 0.25) is 0 Å². The molecule has 2 rings (SSSR count). The second-order valence-corrected chi connectivity index (χ2v) is 7.50. The van der Waals surface area contributed by atoms with Crippen LogP contribution in [-0.2, 0) is 21.4 Å². The largest absolute Gasteiger partial charge is 0.497 e. The molecule has 0 saturated heterocycles. The fourth-order valence-electron chi connectivity index (χ4n) is 2.46. The zero-order chi connectivity index (χ0) is 18.4.